The fourth-order valence-corrected chi connectivity index (χ4v) is 2.96. The average molecular weight is 246 g/mol. The van der Waals surface area contributed by atoms with Gasteiger partial charge in [0.15, 0.2) is 0 Å². The van der Waals surface area contributed by atoms with E-state index in [1.807, 2.05) is 0 Å². The van der Waals surface area contributed by atoms with E-state index < -0.39 is 0 Å². The van der Waals surface area contributed by atoms with E-state index in [1.54, 1.807) is 0 Å². The van der Waals surface area contributed by atoms with E-state index in [1.165, 1.54) is 51.1 Å². The SMILES string of the molecule is CCCN(c1ccccc1)C1CCCN(CC)C1. The first-order chi connectivity index (χ1) is 8.85. The van der Waals surface area contributed by atoms with Crippen molar-refractivity contribution in [3.63, 3.8) is 0 Å². The monoisotopic (exact) mass is 246 g/mol. The summed E-state index contributed by atoms with van der Waals surface area (Å²) in [5.74, 6) is 0. The Balaban J connectivity index is 2.09. The summed E-state index contributed by atoms with van der Waals surface area (Å²) >= 11 is 0. The number of hydrogen-bond donors (Lipinski definition) is 0. The Hall–Kier alpha value is -1.02. The zero-order valence-corrected chi connectivity index (χ0v) is 11.8. The van der Waals surface area contributed by atoms with Crippen molar-refractivity contribution in [2.75, 3.05) is 31.1 Å². The van der Waals surface area contributed by atoms with Gasteiger partial charge in [-0.05, 0) is 44.5 Å². The van der Waals surface area contributed by atoms with Crippen molar-refractivity contribution in [2.45, 2.75) is 39.2 Å². The van der Waals surface area contributed by atoms with Crippen LogP contribution in [0.15, 0.2) is 30.3 Å². The van der Waals surface area contributed by atoms with Gasteiger partial charge in [0.25, 0.3) is 0 Å². The molecule has 0 spiro atoms. The second-order valence-corrected chi connectivity index (χ2v) is 5.22. The Morgan fingerprint density at radius 2 is 2.00 bits per heavy atom. The number of para-hydroxylation sites is 1. The lowest BCUT2D eigenvalue weighted by molar-refractivity contribution is 0.213. The molecule has 0 N–H and O–H groups in total. The molecule has 100 valence electrons. The van der Waals surface area contributed by atoms with Gasteiger partial charge in [0.05, 0.1) is 0 Å². The lowest BCUT2D eigenvalue weighted by atomic mass is 10.0. The predicted octanol–water partition coefficient (Wildman–Crippen LogP) is 3.39. The van der Waals surface area contributed by atoms with Gasteiger partial charge in [-0.25, -0.2) is 0 Å². The Bertz CT molecular complexity index is 336. The van der Waals surface area contributed by atoms with Crippen LogP contribution in [0.4, 0.5) is 5.69 Å². The summed E-state index contributed by atoms with van der Waals surface area (Å²) in [4.78, 5) is 5.20. The zero-order chi connectivity index (χ0) is 12.8. The first-order valence-corrected chi connectivity index (χ1v) is 7.39. The summed E-state index contributed by atoms with van der Waals surface area (Å²) in [5, 5.41) is 0. The van der Waals surface area contributed by atoms with Gasteiger partial charge in [0.1, 0.15) is 0 Å². The maximum atomic E-state index is 2.61. The highest BCUT2D eigenvalue weighted by atomic mass is 15.2. The second kappa shape index (κ2) is 6.79. The lowest BCUT2D eigenvalue weighted by Crippen LogP contribution is -2.48. The molecule has 1 saturated heterocycles. The Kier molecular flexibility index (Phi) is 5.06. The molecule has 1 aromatic rings. The van der Waals surface area contributed by atoms with Crippen LogP contribution in [0, 0.1) is 0 Å². The van der Waals surface area contributed by atoms with Crippen LogP contribution in [0.5, 0.6) is 0 Å². The molecule has 2 rings (SSSR count). The molecule has 1 fully saturated rings. The van der Waals surface area contributed by atoms with Crippen LogP contribution in [-0.2, 0) is 0 Å². The molecule has 1 unspecified atom stereocenters. The van der Waals surface area contributed by atoms with E-state index in [0.717, 1.165) is 0 Å². The summed E-state index contributed by atoms with van der Waals surface area (Å²) in [6.45, 7) is 9.41. The molecule has 2 heteroatoms. The van der Waals surface area contributed by atoms with E-state index in [9.17, 15) is 0 Å². The van der Waals surface area contributed by atoms with Crippen LogP contribution >= 0.6 is 0 Å². The van der Waals surface area contributed by atoms with Crippen molar-refractivity contribution >= 4 is 5.69 Å². The molecule has 1 aliphatic heterocycles. The summed E-state index contributed by atoms with van der Waals surface area (Å²) in [5.41, 5.74) is 1.39. The number of likely N-dealkylation sites (N-methyl/N-ethyl adjacent to an activating group) is 1. The van der Waals surface area contributed by atoms with E-state index in [0.29, 0.717) is 6.04 Å². The van der Waals surface area contributed by atoms with Gasteiger partial charge in [-0.1, -0.05) is 32.0 Å². The summed E-state index contributed by atoms with van der Waals surface area (Å²) < 4.78 is 0. The minimum Gasteiger partial charge on any atom is -0.367 e. The molecule has 2 nitrogen and oxygen atoms in total. The van der Waals surface area contributed by atoms with Crippen molar-refractivity contribution < 1.29 is 0 Å². The van der Waals surface area contributed by atoms with E-state index in [-0.39, 0.29) is 0 Å². The highest BCUT2D eigenvalue weighted by molar-refractivity contribution is 5.47. The Morgan fingerprint density at radius 3 is 2.67 bits per heavy atom. The molecule has 1 heterocycles. The topological polar surface area (TPSA) is 6.48 Å². The van der Waals surface area contributed by atoms with Crippen LogP contribution in [0.25, 0.3) is 0 Å². The van der Waals surface area contributed by atoms with Gasteiger partial charge >= 0.3 is 0 Å². The molecule has 0 amide bonds. The van der Waals surface area contributed by atoms with E-state index in [2.05, 4.69) is 54.0 Å². The number of anilines is 1. The number of likely N-dealkylation sites (tertiary alicyclic amines) is 1. The highest BCUT2D eigenvalue weighted by Crippen LogP contribution is 2.23. The molecule has 0 radical (unpaired) electrons. The van der Waals surface area contributed by atoms with Gasteiger partial charge in [0.2, 0.25) is 0 Å². The highest BCUT2D eigenvalue weighted by Gasteiger charge is 2.24. The fourth-order valence-electron chi connectivity index (χ4n) is 2.96. The van der Waals surface area contributed by atoms with Crippen molar-refractivity contribution in [2.24, 2.45) is 0 Å². The smallest absolute Gasteiger partial charge is 0.0417 e. The van der Waals surface area contributed by atoms with Crippen LogP contribution in [0.2, 0.25) is 0 Å². The molecule has 1 aromatic carbocycles. The standard InChI is InChI=1S/C16H26N2/c1-3-12-18(15-9-6-5-7-10-15)16-11-8-13-17(4-2)14-16/h5-7,9-10,16H,3-4,8,11-14H2,1-2H3. The van der Waals surface area contributed by atoms with Gasteiger partial charge < -0.3 is 9.80 Å². The van der Waals surface area contributed by atoms with Crippen molar-refractivity contribution in [3.05, 3.63) is 30.3 Å². The number of nitrogens with zero attached hydrogens (tertiary/aromatic N) is 2. The maximum absolute atomic E-state index is 2.61. The number of piperidine rings is 1. The Morgan fingerprint density at radius 1 is 1.22 bits per heavy atom. The minimum atomic E-state index is 0.695. The second-order valence-electron chi connectivity index (χ2n) is 5.22. The zero-order valence-electron chi connectivity index (χ0n) is 11.8. The van der Waals surface area contributed by atoms with Crippen LogP contribution in [0.3, 0.4) is 0 Å². The molecule has 0 aromatic heterocycles. The lowest BCUT2D eigenvalue weighted by Gasteiger charge is -2.40. The van der Waals surface area contributed by atoms with Crippen LogP contribution < -0.4 is 4.90 Å². The van der Waals surface area contributed by atoms with Gasteiger partial charge in [-0.15, -0.1) is 0 Å². The van der Waals surface area contributed by atoms with Crippen molar-refractivity contribution in [1.82, 2.24) is 4.90 Å². The number of hydrogen-bond acceptors (Lipinski definition) is 2. The fraction of sp³-hybridized carbons (Fsp3) is 0.625. The largest absolute Gasteiger partial charge is 0.367 e. The summed E-state index contributed by atoms with van der Waals surface area (Å²) in [6, 6.07) is 11.6. The third kappa shape index (κ3) is 3.26. The minimum absolute atomic E-state index is 0.695. The Labute approximate surface area is 112 Å². The van der Waals surface area contributed by atoms with E-state index >= 15 is 0 Å². The number of rotatable bonds is 5. The molecular weight excluding hydrogens is 220 g/mol. The first kappa shape index (κ1) is 13.4. The summed E-state index contributed by atoms with van der Waals surface area (Å²) in [7, 11) is 0. The molecule has 18 heavy (non-hydrogen) atoms. The number of benzene rings is 1. The van der Waals surface area contributed by atoms with Gasteiger partial charge in [-0.3, -0.25) is 0 Å². The maximum Gasteiger partial charge on any atom is 0.0417 e. The molecule has 0 saturated carbocycles. The van der Waals surface area contributed by atoms with Crippen molar-refractivity contribution in [3.8, 4) is 0 Å². The van der Waals surface area contributed by atoms with Gasteiger partial charge in [-0.2, -0.15) is 0 Å². The first-order valence-electron chi connectivity index (χ1n) is 7.39. The van der Waals surface area contributed by atoms with Gasteiger partial charge in [0, 0.05) is 24.8 Å². The average Bonchev–Trinajstić information content (AvgIpc) is 2.46. The van der Waals surface area contributed by atoms with Crippen molar-refractivity contribution in [1.29, 1.82) is 0 Å². The third-order valence-electron chi connectivity index (χ3n) is 3.92. The quantitative estimate of drug-likeness (QED) is 0.786. The molecule has 1 aliphatic rings. The molecule has 0 bridgehead atoms. The molecular formula is C16H26N2. The summed E-state index contributed by atoms with van der Waals surface area (Å²) in [6.07, 6.45) is 3.90. The molecule has 1 atom stereocenters. The third-order valence-corrected chi connectivity index (χ3v) is 3.92. The van der Waals surface area contributed by atoms with Crippen LogP contribution in [0.1, 0.15) is 33.1 Å². The predicted molar refractivity (Wildman–Crippen MR) is 79.2 cm³/mol. The normalized spacial score (nSPS) is 20.9. The molecule has 0 aliphatic carbocycles. The van der Waals surface area contributed by atoms with Crippen LogP contribution in [-0.4, -0.2) is 37.1 Å². The van der Waals surface area contributed by atoms with E-state index in [4.69, 9.17) is 0 Å².